The van der Waals surface area contributed by atoms with Crippen molar-refractivity contribution < 1.29 is 9.47 Å². The molecule has 1 fully saturated rings. The van der Waals surface area contributed by atoms with E-state index in [2.05, 4.69) is 20.8 Å². The van der Waals surface area contributed by atoms with Gasteiger partial charge >= 0.3 is 0 Å². The van der Waals surface area contributed by atoms with Gasteiger partial charge in [0.2, 0.25) is 0 Å². The van der Waals surface area contributed by atoms with Crippen LogP contribution in [0.3, 0.4) is 0 Å². The number of methoxy groups -OCH3 is 1. The van der Waals surface area contributed by atoms with Crippen LogP contribution in [0.5, 0.6) is 0 Å². The summed E-state index contributed by atoms with van der Waals surface area (Å²) in [5, 5.41) is 0. The van der Waals surface area contributed by atoms with E-state index in [0.29, 0.717) is 18.0 Å². The molecule has 0 spiro atoms. The van der Waals surface area contributed by atoms with Gasteiger partial charge in [0, 0.05) is 25.0 Å². The van der Waals surface area contributed by atoms with E-state index in [1.54, 1.807) is 7.11 Å². The molecule has 1 aliphatic heterocycles. The van der Waals surface area contributed by atoms with E-state index < -0.39 is 0 Å². The molecule has 0 aromatic rings. The van der Waals surface area contributed by atoms with Crippen LogP contribution in [0.4, 0.5) is 0 Å². The van der Waals surface area contributed by atoms with Gasteiger partial charge in [0.25, 0.3) is 0 Å². The first kappa shape index (κ1) is 12.4. The molecule has 1 rings (SSSR count). The number of alkyl halides is 1. The van der Waals surface area contributed by atoms with Crippen molar-refractivity contribution in [3.63, 3.8) is 0 Å². The largest absolute Gasteiger partial charge is 0.382 e. The van der Waals surface area contributed by atoms with E-state index in [4.69, 9.17) is 9.47 Å². The molecule has 0 saturated carbocycles. The normalized spacial score (nSPS) is 24.0. The molecule has 84 valence electrons. The molecule has 4 heteroatoms. The molecule has 0 radical (unpaired) electrons. The molecule has 0 aromatic heterocycles. The maximum atomic E-state index is 5.43. The van der Waals surface area contributed by atoms with Gasteiger partial charge in [0.1, 0.15) is 0 Å². The van der Waals surface area contributed by atoms with Gasteiger partial charge in [-0.05, 0) is 19.4 Å². The fraction of sp³-hybridized carbons (Fsp3) is 1.00. The summed E-state index contributed by atoms with van der Waals surface area (Å²) in [7, 11) is 1.70. The van der Waals surface area contributed by atoms with Gasteiger partial charge in [-0.1, -0.05) is 15.9 Å². The molecule has 3 nitrogen and oxygen atoms in total. The zero-order valence-electron chi connectivity index (χ0n) is 8.88. The van der Waals surface area contributed by atoms with Crippen molar-refractivity contribution in [2.45, 2.75) is 17.7 Å². The van der Waals surface area contributed by atoms with Crippen molar-refractivity contribution in [1.29, 1.82) is 0 Å². The Hall–Kier alpha value is 0.360. The standard InChI is InChI=1S/C10H20BrNO2/c1-13-7-8-14-6-5-12-4-2-3-10(11)9-12/h10H,2-9H2,1H3. The summed E-state index contributed by atoms with van der Waals surface area (Å²) in [6.07, 6.45) is 2.61. The minimum atomic E-state index is 0.676. The summed E-state index contributed by atoms with van der Waals surface area (Å²) in [5.41, 5.74) is 0. The van der Waals surface area contributed by atoms with E-state index in [9.17, 15) is 0 Å². The first-order valence-corrected chi connectivity index (χ1v) is 6.17. The van der Waals surface area contributed by atoms with Crippen LogP contribution in [-0.2, 0) is 9.47 Å². The summed E-state index contributed by atoms with van der Waals surface area (Å²) in [4.78, 5) is 3.13. The first-order valence-electron chi connectivity index (χ1n) is 5.26. The third kappa shape index (κ3) is 5.29. The highest BCUT2D eigenvalue weighted by Gasteiger charge is 2.16. The van der Waals surface area contributed by atoms with Gasteiger partial charge in [0.05, 0.1) is 19.8 Å². The maximum Gasteiger partial charge on any atom is 0.0700 e. The summed E-state index contributed by atoms with van der Waals surface area (Å²) >= 11 is 3.66. The second-order valence-corrected chi connectivity index (χ2v) is 4.94. The molecular weight excluding hydrogens is 246 g/mol. The lowest BCUT2D eigenvalue weighted by Crippen LogP contribution is -2.37. The van der Waals surface area contributed by atoms with Crippen molar-refractivity contribution >= 4 is 15.9 Å². The smallest absolute Gasteiger partial charge is 0.0700 e. The SMILES string of the molecule is COCCOCCN1CCCC(Br)C1. The fourth-order valence-corrected chi connectivity index (χ4v) is 2.37. The highest BCUT2D eigenvalue weighted by Crippen LogP contribution is 2.16. The van der Waals surface area contributed by atoms with Crippen molar-refractivity contribution in [2.75, 3.05) is 46.6 Å². The topological polar surface area (TPSA) is 21.7 Å². The van der Waals surface area contributed by atoms with E-state index in [1.807, 2.05) is 0 Å². The van der Waals surface area contributed by atoms with Gasteiger partial charge in [-0.15, -0.1) is 0 Å². The Balaban J connectivity index is 1.95. The molecule has 0 amide bonds. The summed E-state index contributed by atoms with van der Waals surface area (Å²) in [5.74, 6) is 0. The average Bonchev–Trinajstić information content (AvgIpc) is 2.18. The number of ether oxygens (including phenoxy) is 2. The summed E-state index contributed by atoms with van der Waals surface area (Å²) in [6, 6.07) is 0. The average molecular weight is 266 g/mol. The van der Waals surface area contributed by atoms with E-state index in [0.717, 1.165) is 19.7 Å². The Kier molecular flexibility index (Phi) is 6.77. The molecule has 1 unspecified atom stereocenters. The van der Waals surface area contributed by atoms with Crippen molar-refractivity contribution in [1.82, 2.24) is 4.90 Å². The van der Waals surface area contributed by atoms with Crippen LogP contribution < -0.4 is 0 Å². The van der Waals surface area contributed by atoms with Crippen LogP contribution in [0, 0.1) is 0 Å². The van der Waals surface area contributed by atoms with Crippen LogP contribution in [0.15, 0.2) is 0 Å². The Morgan fingerprint density at radius 2 is 2.21 bits per heavy atom. The molecule has 1 heterocycles. The predicted molar refractivity (Wildman–Crippen MR) is 61.1 cm³/mol. The second-order valence-electron chi connectivity index (χ2n) is 3.65. The Labute approximate surface area is 94.9 Å². The van der Waals surface area contributed by atoms with Gasteiger partial charge in [-0.2, -0.15) is 0 Å². The number of halogens is 1. The van der Waals surface area contributed by atoms with Gasteiger partial charge in [0.15, 0.2) is 0 Å². The lowest BCUT2D eigenvalue weighted by Gasteiger charge is -2.29. The number of hydrogen-bond donors (Lipinski definition) is 0. The summed E-state index contributed by atoms with van der Waals surface area (Å²) < 4.78 is 10.3. The quantitative estimate of drug-likeness (QED) is 0.537. The van der Waals surface area contributed by atoms with E-state index in [-0.39, 0.29) is 0 Å². The lowest BCUT2D eigenvalue weighted by molar-refractivity contribution is 0.0548. The monoisotopic (exact) mass is 265 g/mol. The number of rotatable bonds is 6. The highest BCUT2D eigenvalue weighted by molar-refractivity contribution is 9.09. The van der Waals surface area contributed by atoms with Crippen LogP contribution in [0.25, 0.3) is 0 Å². The molecule has 0 bridgehead atoms. The van der Waals surface area contributed by atoms with Crippen LogP contribution in [-0.4, -0.2) is 56.3 Å². The molecule has 0 aliphatic carbocycles. The van der Waals surface area contributed by atoms with Crippen LogP contribution >= 0.6 is 15.9 Å². The van der Waals surface area contributed by atoms with Gasteiger partial charge < -0.3 is 9.47 Å². The Bertz CT molecular complexity index is 146. The minimum absolute atomic E-state index is 0.676. The van der Waals surface area contributed by atoms with Crippen molar-refractivity contribution in [3.8, 4) is 0 Å². The van der Waals surface area contributed by atoms with E-state index in [1.165, 1.54) is 19.4 Å². The maximum absolute atomic E-state index is 5.43. The molecular formula is C10H20BrNO2. The third-order valence-corrected chi connectivity index (χ3v) is 3.18. The van der Waals surface area contributed by atoms with Crippen LogP contribution in [0.1, 0.15) is 12.8 Å². The van der Waals surface area contributed by atoms with Crippen molar-refractivity contribution in [2.24, 2.45) is 0 Å². The molecule has 14 heavy (non-hydrogen) atoms. The van der Waals surface area contributed by atoms with Crippen LogP contribution in [0.2, 0.25) is 0 Å². The van der Waals surface area contributed by atoms with Crippen molar-refractivity contribution in [3.05, 3.63) is 0 Å². The van der Waals surface area contributed by atoms with Gasteiger partial charge in [-0.25, -0.2) is 0 Å². The predicted octanol–water partition coefficient (Wildman–Crippen LogP) is 1.51. The van der Waals surface area contributed by atoms with E-state index >= 15 is 0 Å². The number of piperidine rings is 1. The first-order chi connectivity index (χ1) is 6.83. The Morgan fingerprint density at radius 1 is 1.36 bits per heavy atom. The Morgan fingerprint density at radius 3 is 2.93 bits per heavy atom. The molecule has 1 aliphatic rings. The molecule has 0 aromatic carbocycles. The minimum Gasteiger partial charge on any atom is -0.382 e. The number of likely N-dealkylation sites (tertiary alicyclic amines) is 1. The lowest BCUT2D eigenvalue weighted by atomic mass is 10.1. The number of hydrogen-bond acceptors (Lipinski definition) is 3. The number of nitrogens with zero attached hydrogens (tertiary/aromatic N) is 1. The highest BCUT2D eigenvalue weighted by atomic mass is 79.9. The fourth-order valence-electron chi connectivity index (χ4n) is 1.64. The molecule has 0 N–H and O–H groups in total. The molecule has 1 saturated heterocycles. The van der Waals surface area contributed by atoms with Gasteiger partial charge in [-0.3, -0.25) is 4.90 Å². The zero-order chi connectivity index (χ0) is 10.2. The summed E-state index contributed by atoms with van der Waals surface area (Å²) in [6.45, 7) is 5.65. The second kappa shape index (κ2) is 7.63. The third-order valence-electron chi connectivity index (χ3n) is 2.43. The molecule has 1 atom stereocenters. The zero-order valence-corrected chi connectivity index (χ0v) is 10.5.